The molecule has 0 aliphatic rings. The Morgan fingerprint density at radius 2 is 1.44 bits per heavy atom. The van der Waals surface area contributed by atoms with Crippen molar-refractivity contribution in [3.8, 4) is 0 Å². The van der Waals surface area contributed by atoms with Crippen LogP contribution in [-0.4, -0.2) is 74.2 Å². The van der Waals surface area contributed by atoms with Crippen molar-refractivity contribution in [3.63, 3.8) is 0 Å². The van der Waals surface area contributed by atoms with Crippen LogP contribution in [0.5, 0.6) is 0 Å². The summed E-state index contributed by atoms with van der Waals surface area (Å²) in [5, 5.41) is 8.18. The Labute approximate surface area is 226 Å². The third-order valence-corrected chi connectivity index (χ3v) is 4.58. The number of aliphatic hydroxyl groups is 1. The van der Waals surface area contributed by atoms with Crippen molar-refractivity contribution in [2.45, 2.75) is 94.1 Å². The van der Waals surface area contributed by atoms with Gasteiger partial charge in [0.25, 0.3) is 0 Å². The first-order chi connectivity index (χ1) is 16.7. The Morgan fingerprint density at radius 1 is 0.917 bits per heavy atom. The fraction of sp³-hybridized carbons (Fsp3) is 0.742. The number of unbranched alkanes of at least 4 members (excludes halogenated alkanes) is 2. The average Bonchev–Trinajstić information content (AvgIpc) is 2.79. The highest BCUT2D eigenvalue weighted by molar-refractivity contribution is 5.07. The molecule has 0 aliphatic carbocycles. The van der Waals surface area contributed by atoms with Gasteiger partial charge in [0.15, 0.2) is 0 Å². The number of rotatable bonds is 15. The van der Waals surface area contributed by atoms with E-state index in [2.05, 4.69) is 57.8 Å². The lowest BCUT2D eigenvalue weighted by Gasteiger charge is -2.30. The number of aliphatic hydroxyl groups excluding tert-OH is 1. The summed E-state index contributed by atoms with van der Waals surface area (Å²) in [6.45, 7) is 32.7. The molecule has 0 atom stereocenters. The van der Waals surface area contributed by atoms with Crippen LogP contribution in [0.2, 0.25) is 0 Å². The van der Waals surface area contributed by atoms with Gasteiger partial charge in [-0.2, -0.15) is 0 Å². The minimum Gasteiger partial charge on any atom is -0.498 e. The zero-order chi connectivity index (χ0) is 29.0. The Kier molecular flexibility index (Phi) is 32.7. The molecule has 0 radical (unpaired) electrons. The van der Waals surface area contributed by atoms with Gasteiger partial charge in [0.1, 0.15) is 6.79 Å². The molecule has 0 aromatic heterocycles. The van der Waals surface area contributed by atoms with Crippen molar-refractivity contribution in [3.05, 3.63) is 49.3 Å². The standard InChI is InChI=1S/C17H36N2O.C7H10.C5H12O2.C2H6/c1-8-18(6)12-10-9-11-13-19(7)14-17(4,5)15-20-16(2)3;1-3-5-7-6-4-2;1-5(2,3)7-4-6;1-2/h2,8-15H2,1,3-7H3;3-7H,1H2,2H3;6H,4H2,1-3H3;1-2H3/b;6-4+,7-5-;;. The molecule has 0 aromatic carbocycles. The Bertz CT molecular complexity index is 534. The quantitative estimate of drug-likeness (QED) is 0.105. The molecule has 5 heteroatoms. The van der Waals surface area contributed by atoms with Gasteiger partial charge in [-0.3, -0.25) is 0 Å². The highest BCUT2D eigenvalue weighted by Gasteiger charge is 2.20. The van der Waals surface area contributed by atoms with E-state index in [0.29, 0.717) is 0 Å². The second-order valence-electron chi connectivity index (χ2n) is 10.4. The van der Waals surface area contributed by atoms with E-state index < -0.39 is 0 Å². The highest BCUT2D eigenvalue weighted by Crippen LogP contribution is 2.18. The van der Waals surface area contributed by atoms with Crippen LogP contribution in [0.4, 0.5) is 0 Å². The summed E-state index contributed by atoms with van der Waals surface area (Å²) < 4.78 is 10.3. The van der Waals surface area contributed by atoms with Gasteiger partial charge in [0, 0.05) is 12.0 Å². The number of hydrogen-bond donors (Lipinski definition) is 1. The van der Waals surface area contributed by atoms with Crippen LogP contribution in [0, 0.1) is 5.41 Å². The SMILES string of the molecule is C=C(C)OCC(C)(C)CN(C)CCCCCN(C)CC.C=C/C=C\C=C\C.CC.CC(C)(C)OCO. The minimum atomic E-state index is -0.200. The molecule has 0 heterocycles. The highest BCUT2D eigenvalue weighted by atomic mass is 16.6. The molecular weight excluding hydrogens is 448 g/mol. The molecule has 0 spiro atoms. The smallest absolute Gasteiger partial charge is 0.144 e. The van der Waals surface area contributed by atoms with Gasteiger partial charge in [-0.1, -0.05) is 84.6 Å². The van der Waals surface area contributed by atoms with Crippen LogP contribution in [0.15, 0.2) is 49.3 Å². The zero-order valence-corrected chi connectivity index (χ0v) is 26.3. The van der Waals surface area contributed by atoms with E-state index >= 15 is 0 Å². The monoisotopic (exact) mass is 512 g/mol. The molecule has 5 nitrogen and oxygen atoms in total. The van der Waals surface area contributed by atoms with Crippen molar-refractivity contribution >= 4 is 0 Å². The molecule has 0 rings (SSSR count). The van der Waals surface area contributed by atoms with E-state index in [1.165, 1.54) is 32.4 Å². The first kappa shape index (κ1) is 41.7. The summed E-state index contributed by atoms with van der Waals surface area (Å²) >= 11 is 0. The number of nitrogens with zero attached hydrogens (tertiary/aromatic N) is 2. The maximum absolute atomic E-state index is 8.18. The van der Waals surface area contributed by atoms with E-state index in [1.54, 1.807) is 6.08 Å². The van der Waals surface area contributed by atoms with Gasteiger partial charge in [-0.25, -0.2) is 0 Å². The predicted molar refractivity (Wildman–Crippen MR) is 162 cm³/mol. The third kappa shape index (κ3) is 42.7. The van der Waals surface area contributed by atoms with E-state index in [4.69, 9.17) is 14.6 Å². The van der Waals surface area contributed by atoms with Gasteiger partial charge in [-0.05, 0) is 81.2 Å². The maximum Gasteiger partial charge on any atom is 0.144 e. The van der Waals surface area contributed by atoms with Gasteiger partial charge in [0.2, 0.25) is 0 Å². The molecule has 0 bridgehead atoms. The molecule has 36 heavy (non-hydrogen) atoms. The van der Waals surface area contributed by atoms with Crippen LogP contribution < -0.4 is 0 Å². The van der Waals surface area contributed by atoms with Crippen LogP contribution in [0.1, 0.15) is 88.5 Å². The molecule has 0 saturated carbocycles. The fourth-order valence-corrected chi connectivity index (χ4v) is 2.72. The second kappa shape index (κ2) is 28.2. The number of allylic oxidation sites excluding steroid dienone is 6. The van der Waals surface area contributed by atoms with Crippen molar-refractivity contribution in [2.75, 3.05) is 53.7 Å². The molecule has 0 fully saturated rings. The zero-order valence-electron chi connectivity index (χ0n) is 26.3. The van der Waals surface area contributed by atoms with Crippen LogP contribution in [-0.2, 0) is 9.47 Å². The lowest BCUT2D eigenvalue weighted by Crippen LogP contribution is -2.35. The number of hydrogen-bond acceptors (Lipinski definition) is 5. The molecule has 0 aliphatic heterocycles. The average molecular weight is 513 g/mol. The van der Waals surface area contributed by atoms with Crippen LogP contribution >= 0.6 is 0 Å². The van der Waals surface area contributed by atoms with E-state index in [9.17, 15) is 0 Å². The lowest BCUT2D eigenvalue weighted by molar-refractivity contribution is -0.0877. The molecule has 0 amide bonds. The largest absolute Gasteiger partial charge is 0.498 e. The second-order valence-corrected chi connectivity index (χ2v) is 10.4. The summed E-state index contributed by atoms with van der Waals surface area (Å²) in [6, 6.07) is 0. The van der Waals surface area contributed by atoms with E-state index in [0.717, 1.165) is 25.5 Å². The van der Waals surface area contributed by atoms with Crippen LogP contribution in [0.25, 0.3) is 0 Å². The van der Waals surface area contributed by atoms with E-state index in [-0.39, 0.29) is 17.8 Å². The summed E-state index contributed by atoms with van der Waals surface area (Å²) in [4.78, 5) is 4.80. The molecule has 0 unspecified atom stereocenters. The topological polar surface area (TPSA) is 45.2 Å². The van der Waals surface area contributed by atoms with Crippen molar-refractivity contribution in [1.29, 1.82) is 0 Å². The molecule has 1 N–H and O–H groups in total. The Balaban J connectivity index is -0.000000261. The molecule has 216 valence electrons. The minimum absolute atomic E-state index is 0.177. The summed E-state index contributed by atoms with van der Waals surface area (Å²) in [7, 11) is 4.40. The number of ether oxygens (including phenoxy) is 2. The van der Waals surface area contributed by atoms with Gasteiger partial charge >= 0.3 is 0 Å². The van der Waals surface area contributed by atoms with Crippen molar-refractivity contribution in [1.82, 2.24) is 9.80 Å². The van der Waals surface area contributed by atoms with Crippen LogP contribution in [0.3, 0.4) is 0 Å². The van der Waals surface area contributed by atoms with Gasteiger partial charge in [-0.15, -0.1) is 0 Å². The van der Waals surface area contributed by atoms with Gasteiger partial charge < -0.3 is 24.4 Å². The Hall–Kier alpha value is -1.40. The van der Waals surface area contributed by atoms with Crippen molar-refractivity contribution in [2.24, 2.45) is 5.41 Å². The normalized spacial score (nSPS) is 11.4. The molecule has 0 saturated heterocycles. The predicted octanol–water partition coefficient (Wildman–Crippen LogP) is 7.70. The molecular formula is C31H64N2O3. The summed E-state index contributed by atoms with van der Waals surface area (Å²) in [6.07, 6.45) is 13.4. The summed E-state index contributed by atoms with van der Waals surface area (Å²) in [5.41, 5.74) is -0.0229. The third-order valence-electron chi connectivity index (χ3n) is 4.58. The first-order valence-corrected chi connectivity index (χ1v) is 13.5. The molecule has 0 aromatic rings. The van der Waals surface area contributed by atoms with E-state index in [1.807, 2.05) is 72.8 Å². The lowest BCUT2D eigenvalue weighted by atomic mass is 9.94. The van der Waals surface area contributed by atoms with Gasteiger partial charge in [0.05, 0.1) is 18.0 Å². The first-order valence-electron chi connectivity index (χ1n) is 13.5. The summed E-state index contributed by atoms with van der Waals surface area (Å²) in [5.74, 6) is 0.806. The maximum atomic E-state index is 8.18. The fourth-order valence-electron chi connectivity index (χ4n) is 2.72. The van der Waals surface area contributed by atoms with Crippen molar-refractivity contribution < 1.29 is 14.6 Å². The Morgan fingerprint density at radius 3 is 1.81 bits per heavy atom.